The summed E-state index contributed by atoms with van der Waals surface area (Å²) in [5, 5.41) is 2.66. The first-order valence-corrected chi connectivity index (χ1v) is 5.33. The van der Waals surface area contributed by atoms with Gasteiger partial charge in [0.25, 0.3) is 5.56 Å². The van der Waals surface area contributed by atoms with Gasteiger partial charge in [0.1, 0.15) is 0 Å². The van der Waals surface area contributed by atoms with Gasteiger partial charge in [0, 0.05) is 0 Å². The molecule has 0 saturated heterocycles. The topological polar surface area (TPSA) is 71.8 Å². The maximum absolute atomic E-state index is 11.8. The Kier molecular flexibility index (Phi) is 1.92. The highest BCUT2D eigenvalue weighted by atomic mass is 16.1. The highest BCUT2D eigenvalue weighted by molar-refractivity contribution is 5.96. The second-order valence-electron chi connectivity index (χ2n) is 4.17. The predicted octanol–water partition coefficient (Wildman–Crippen LogP) is 1.97. The molecule has 0 radical (unpaired) electrons. The first-order valence-electron chi connectivity index (χ1n) is 5.33. The van der Waals surface area contributed by atoms with Crippen LogP contribution in [0.1, 0.15) is 5.56 Å². The number of benzene rings is 2. The van der Waals surface area contributed by atoms with E-state index in [-0.39, 0.29) is 11.5 Å². The van der Waals surface area contributed by atoms with Gasteiger partial charge in [-0.25, -0.2) is 4.98 Å². The second-order valence-corrected chi connectivity index (χ2v) is 4.17. The van der Waals surface area contributed by atoms with Gasteiger partial charge in [-0.15, -0.1) is 0 Å². The summed E-state index contributed by atoms with van der Waals surface area (Å²) < 4.78 is 0. The monoisotopic (exact) mass is 225 g/mol. The minimum atomic E-state index is -0.198. The molecule has 1 heterocycles. The fourth-order valence-electron chi connectivity index (χ4n) is 2.02. The van der Waals surface area contributed by atoms with Crippen LogP contribution in [-0.2, 0) is 0 Å². The molecule has 0 aliphatic carbocycles. The molecule has 84 valence electrons. The van der Waals surface area contributed by atoms with Crippen molar-refractivity contribution >= 4 is 27.6 Å². The number of rotatable bonds is 0. The lowest BCUT2D eigenvalue weighted by atomic mass is 10.1. The van der Waals surface area contributed by atoms with Gasteiger partial charge in [-0.1, -0.05) is 23.8 Å². The van der Waals surface area contributed by atoms with Crippen molar-refractivity contribution in [1.82, 2.24) is 9.97 Å². The highest BCUT2D eigenvalue weighted by Crippen LogP contribution is 2.20. The molecule has 17 heavy (non-hydrogen) atoms. The van der Waals surface area contributed by atoms with Gasteiger partial charge in [0.15, 0.2) is 0 Å². The van der Waals surface area contributed by atoms with Gasteiger partial charge in [-0.3, -0.25) is 9.78 Å². The van der Waals surface area contributed by atoms with E-state index in [1.54, 1.807) is 0 Å². The van der Waals surface area contributed by atoms with Crippen molar-refractivity contribution in [2.75, 3.05) is 5.73 Å². The average Bonchev–Trinajstić information content (AvgIpc) is 2.27. The standard InChI is InChI=1S/C13H11N3O/c1-7-2-3-8-6-11-10(5-9(8)4-7)12(17)16-13(14)15-11/h2-6H,1H3,(H3,14,15,16,17). The maximum atomic E-state index is 11.8. The smallest absolute Gasteiger partial charge is 0.260 e. The molecule has 0 atom stereocenters. The molecule has 3 N–H and O–H groups in total. The Morgan fingerprint density at radius 2 is 2.00 bits per heavy atom. The Balaban J connectivity index is 2.52. The quantitative estimate of drug-likeness (QED) is 0.574. The molecule has 0 fully saturated rings. The summed E-state index contributed by atoms with van der Waals surface area (Å²) in [6.45, 7) is 2.02. The van der Waals surface area contributed by atoms with E-state index in [0.29, 0.717) is 10.9 Å². The summed E-state index contributed by atoms with van der Waals surface area (Å²) in [6, 6.07) is 9.83. The van der Waals surface area contributed by atoms with E-state index in [1.807, 2.05) is 37.3 Å². The van der Waals surface area contributed by atoms with Gasteiger partial charge in [-0.2, -0.15) is 0 Å². The van der Waals surface area contributed by atoms with E-state index in [9.17, 15) is 4.79 Å². The number of nitrogen functional groups attached to an aromatic ring is 1. The summed E-state index contributed by atoms with van der Waals surface area (Å²) in [5.41, 5.74) is 7.12. The molecule has 0 aliphatic rings. The third-order valence-electron chi connectivity index (χ3n) is 2.84. The number of aromatic nitrogens is 2. The summed E-state index contributed by atoms with van der Waals surface area (Å²) >= 11 is 0. The fourth-order valence-corrected chi connectivity index (χ4v) is 2.02. The zero-order chi connectivity index (χ0) is 12.0. The Labute approximate surface area is 97.1 Å². The number of hydrogen-bond donors (Lipinski definition) is 2. The van der Waals surface area contributed by atoms with Crippen LogP contribution in [0.2, 0.25) is 0 Å². The number of fused-ring (bicyclic) bond motifs is 2. The fraction of sp³-hybridized carbons (Fsp3) is 0.0769. The van der Waals surface area contributed by atoms with Crippen LogP contribution in [0.3, 0.4) is 0 Å². The molecule has 0 spiro atoms. The van der Waals surface area contributed by atoms with Gasteiger partial charge in [-0.05, 0) is 29.8 Å². The summed E-state index contributed by atoms with van der Waals surface area (Å²) in [6.07, 6.45) is 0. The molecular weight excluding hydrogens is 214 g/mol. The average molecular weight is 225 g/mol. The van der Waals surface area contributed by atoms with Crippen molar-refractivity contribution in [3.63, 3.8) is 0 Å². The summed E-state index contributed by atoms with van der Waals surface area (Å²) in [5.74, 6) is 0.147. The van der Waals surface area contributed by atoms with E-state index in [0.717, 1.165) is 16.3 Å². The Hall–Kier alpha value is -2.36. The van der Waals surface area contributed by atoms with Crippen LogP contribution in [0.4, 0.5) is 5.95 Å². The van der Waals surface area contributed by atoms with E-state index in [1.165, 1.54) is 0 Å². The molecule has 0 unspecified atom stereocenters. The van der Waals surface area contributed by atoms with Gasteiger partial charge < -0.3 is 5.73 Å². The number of hydrogen-bond acceptors (Lipinski definition) is 3. The normalized spacial score (nSPS) is 11.1. The van der Waals surface area contributed by atoms with Crippen molar-refractivity contribution in [3.8, 4) is 0 Å². The first kappa shape index (κ1) is 9.84. The lowest BCUT2D eigenvalue weighted by molar-refractivity contribution is 1.19. The van der Waals surface area contributed by atoms with Gasteiger partial charge in [0.05, 0.1) is 10.9 Å². The number of anilines is 1. The predicted molar refractivity (Wildman–Crippen MR) is 69.0 cm³/mol. The van der Waals surface area contributed by atoms with Crippen LogP contribution in [0.25, 0.3) is 21.7 Å². The van der Waals surface area contributed by atoms with E-state index in [4.69, 9.17) is 5.73 Å². The molecule has 0 bridgehead atoms. The summed E-state index contributed by atoms with van der Waals surface area (Å²) in [4.78, 5) is 18.4. The van der Waals surface area contributed by atoms with Crippen LogP contribution >= 0.6 is 0 Å². The van der Waals surface area contributed by atoms with Crippen molar-refractivity contribution in [2.24, 2.45) is 0 Å². The summed E-state index contributed by atoms with van der Waals surface area (Å²) in [7, 11) is 0. The zero-order valence-electron chi connectivity index (χ0n) is 9.32. The van der Waals surface area contributed by atoms with E-state index >= 15 is 0 Å². The minimum Gasteiger partial charge on any atom is -0.369 e. The van der Waals surface area contributed by atoms with E-state index in [2.05, 4.69) is 9.97 Å². The third kappa shape index (κ3) is 1.54. The second kappa shape index (κ2) is 3.31. The largest absolute Gasteiger partial charge is 0.369 e. The first-order chi connectivity index (χ1) is 8.13. The molecule has 1 aromatic heterocycles. The molecule has 3 aromatic rings. The van der Waals surface area contributed by atoms with Crippen molar-refractivity contribution in [3.05, 3.63) is 46.2 Å². The number of aryl methyl sites for hydroxylation is 1. The molecule has 0 saturated carbocycles. The van der Waals surface area contributed by atoms with Crippen molar-refractivity contribution in [2.45, 2.75) is 6.92 Å². The molecular formula is C13H11N3O. The lowest BCUT2D eigenvalue weighted by Gasteiger charge is -2.03. The molecule has 4 nitrogen and oxygen atoms in total. The van der Waals surface area contributed by atoms with Crippen molar-refractivity contribution in [1.29, 1.82) is 0 Å². The Bertz CT molecular complexity index is 790. The lowest BCUT2D eigenvalue weighted by Crippen LogP contribution is -2.10. The van der Waals surface area contributed by atoms with Crippen LogP contribution in [0.5, 0.6) is 0 Å². The van der Waals surface area contributed by atoms with Crippen LogP contribution in [0, 0.1) is 6.92 Å². The number of aromatic amines is 1. The third-order valence-corrected chi connectivity index (χ3v) is 2.84. The number of nitrogens with one attached hydrogen (secondary N) is 1. The van der Waals surface area contributed by atoms with E-state index < -0.39 is 0 Å². The molecule has 0 amide bonds. The zero-order valence-corrected chi connectivity index (χ0v) is 9.32. The molecule has 3 rings (SSSR count). The SMILES string of the molecule is Cc1ccc2cc3nc(N)[nH]c(=O)c3cc2c1. The molecule has 0 aliphatic heterocycles. The Morgan fingerprint density at radius 3 is 2.82 bits per heavy atom. The van der Waals surface area contributed by atoms with Gasteiger partial charge in [0.2, 0.25) is 5.95 Å². The van der Waals surface area contributed by atoms with Crippen molar-refractivity contribution < 1.29 is 0 Å². The maximum Gasteiger partial charge on any atom is 0.260 e. The minimum absolute atomic E-state index is 0.147. The van der Waals surface area contributed by atoms with Crippen LogP contribution in [0.15, 0.2) is 35.1 Å². The highest BCUT2D eigenvalue weighted by Gasteiger charge is 2.04. The van der Waals surface area contributed by atoms with Crippen LogP contribution < -0.4 is 11.3 Å². The molecule has 4 heteroatoms. The number of nitrogens with zero attached hydrogens (tertiary/aromatic N) is 1. The number of nitrogens with two attached hydrogens (primary N) is 1. The number of H-pyrrole nitrogens is 1. The Morgan fingerprint density at radius 1 is 1.18 bits per heavy atom. The molecule has 2 aromatic carbocycles. The van der Waals surface area contributed by atoms with Crippen LogP contribution in [-0.4, -0.2) is 9.97 Å². The van der Waals surface area contributed by atoms with Gasteiger partial charge >= 0.3 is 0 Å².